The van der Waals surface area contributed by atoms with E-state index >= 15 is 0 Å². The Hall–Kier alpha value is -2.69. The highest BCUT2D eigenvalue weighted by atomic mass is 16.4. The number of aromatic nitrogens is 4. The van der Waals surface area contributed by atoms with Crippen LogP contribution in [0.1, 0.15) is 34.6 Å². The molecule has 2 aromatic heterocycles. The fraction of sp³-hybridized carbons (Fsp3) is 0.308. The number of rotatable bonds is 3. The first-order valence-electron chi connectivity index (χ1n) is 6.11. The lowest BCUT2D eigenvalue weighted by Crippen LogP contribution is -2.05. The van der Waals surface area contributed by atoms with Crippen molar-refractivity contribution in [1.29, 1.82) is 5.26 Å². The van der Waals surface area contributed by atoms with Crippen molar-refractivity contribution in [1.82, 2.24) is 20.2 Å². The quantitative estimate of drug-likeness (QED) is 0.478. The minimum absolute atomic E-state index is 0.00417. The van der Waals surface area contributed by atoms with Crippen LogP contribution in [-0.2, 0) is 4.65 Å². The Morgan fingerprint density at radius 2 is 1.86 bits per heavy atom. The van der Waals surface area contributed by atoms with Crippen molar-refractivity contribution >= 4 is 19.4 Å². The number of nitrogens with zero attached hydrogens (tertiary/aromatic N) is 5. The summed E-state index contributed by atoms with van der Waals surface area (Å²) < 4.78 is 10.1. The average Bonchev–Trinajstić information content (AvgIpc) is 2.78. The summed E-state index contributed by atoms with van der Waals surface area (Å²) in [6.07, 6.45) is 0. The van der Waals surface area contributed by atoms with Crippen LogP contribution in [0, 0.1) is 39.0 Å². The Bertz CT molecular complexity index is 760. The normalized spacial score (nSPS) is 11.8. The Morgan fingerprint density at radius 1 is 1.14 bits per heavy atom. The first-order valence-corrected chi connectivity index (χ1v) is 6.11. The second kappa shape index (κ2) is 5.75. The van der Waals surface area contributed by atoms with E-state index in [0.29, 0.717) is 28.7 Å². The lowest BCUT2D eigenvalue weighted by molar-refractivity contribution is 0.494. The highest BCUT2D eigenvalue weighted by molar-refractivity contribution is 6.05. The Morgan fingerprint density at radius 3 is 2.33 bits per heavy atom. The van der Waals surface area contributed by atoms with Crippen LogP contribution in [0.2, 0.25) is 0 Å². The number of hydrogen-bond donors (Lipinski definition) is 0. The standard InChI is InChI=1S/C13H12BN5O2/c1-6-7(2)18-19-13(16-6)12(21-14)10(5-15)11-8(3)20-9(4)17-11/h1-4H3. The molecule has 0 spiro atoms. The smallest absolute Gasteiger partial charge is 0.374 e. The summed E-state index contributed by atoms with van der Waals surface area (Å²) in [5, 5.41) is 17.3. The summed E-state index contributed by atoms with van der Waals surface area (Å²) in [7, 11) is 5.29. The lowest BCUT2D eigenvalue weighted by Gasteiger charge is -2.08. The van der Waals surface area contributed by atoms with E-state index in [4.69, 9.17) is 17.1 Å². The van der Waals surface area contributed by atoms with Crippen LogP contribution in [0.15, 0.2) is 4.42 Å². The van der Waals surface area contributed by atoms with E-state index in [0.717, 1.165) is 0 Å². The van der Waals surface area contributed by atoms with Crippen LogP contribution in [0.4, 0.5) is 0 Å². The molecule has 2 aromatic rings. The molecule has 0 aliphatic heterocycles. The van der Waals surface area contributed by atoms with Gasteiger partial charge in [-0.2, -0.15) is 10.4 Å². The molecule has 8 heteroatoms. The maximum Gasteiger partial charge on any atom is 0.374 e. The second-order valence-corrected chi connectivity index (χ2v) is 4.38. The molecule has 0 fully saturated rings. The maximum absolute atomic E-state index is 9.40. The van der Waals surface area contributed by atoms with Gasteiger partial charge in [-0.15, -0.1) is 5.10 Å². The number of oxazole rings is 1. The summed E-state index contributed by atoms with van der Waals surface area (Å²) in [6.45, 7) is 6.93. The van der Waals surface area contributed by atoms with E-state index in [2.05, 4.69) is 20.2 Å². The van der Waals surface area contributed by atoms with Crippen molar-refractivity contribution in [2.45, 2.75) is 27.7 Å². The van der Waals surface area contributed by atoms with Crippen molar-refractivity contribution in [3.05, 3.63) is 34.6 Å². The molecule has 0 aliphatic carbocycles. The second-order valence-electron chi connectivity index (χ2n) is 4.38. The summed E-state index contributed by atoms with van der Waals surface area (Å²) >= 11 is 0. The van der Waals surface area contributed by atoms with E-state index in [1.807, 2.05) is 6.07 Å². The van der Waals surface area contributed by atoms with Gasteiger partial charge in [-0.25, -0.2) is 9.97 Å². The highest BCUT2D eigenvalue weighted by Gasteiger charge is 2.21. The van der Waals surface area contributed by atoms with Crippen LogP contribution in [0.5, 0.6) is 0 Å². The van der Waals surface area contributed by atoms with Crippen LogP contribution in [0.25, 0.3) is 11.3 Å². The van der Waals surface area contributed by atoms with Gasteiger partial charge in [0, 0.05) is 6.92 Å². The summed E-state index contributed by atoms with van der Waals surface area (Å²) in [5.41, 5.74) is 1.79. The van der Waals surface area contributed by atoms with Crippen molar-refractivity contribution in [3.63, 3.8) is 0 Å². The molecule has 0 amide bonds. The SMILES string of the molecule is [B]OC(=C(C#N)c1nc(C)oc1C)c1nnc(C)c(C)n1. The molecule has 104 valence electrons. The Kier molecular flexibility index (Phi) is 4.03. The van der Waals surface area contributed by atoms with Crippen LogP contribution < -0.4 is 0 Å². The fourth-order valence-electron chi connectivity index (χ4n) is 1.75. The molecule has 0 aliphatic rings. The van der Waals surface area contributed by atoms with Crippen LogP contribution in [0.3, 0.4) is 0 Å². The summed E-state index contributed by atoms with van der Waals surface area (Å²) in [5.74, 6) is 1.04. The third-order valence-electron chi connectivity index (χ3n) is 2.89. The molecule has 0 saturated carbocycles. The maximum atomic E-state index is 9.40. The fourth-order valence-corrected chi connectivity index (χ4v) is 1.75. The van der Waals surface area contributed by atoms with Crippen molar-refractivity contribution < 1.29 is 9.07 Å². The Balaban J connectivity index is 2.67. The van der Waals surface area contributed by atoms with Gasteiger partial charge in [0.2, 0.25) is 5.82 Å². The van der Waals surface area contributed by atoms with Gasteiger partial charge >= 0.3 is 8.05 Å². The van der Waals surface area contributed by atoms with Gasteiger partial charge in [0.1, 0.15) is 23.1 Å². The van der Waals surface area contributed by atoms with Gasteiger partial charge < -0.3 is 9.07 Å². The zero-order chi connectivity index (χ0) is 15.6. The van der Waals surface area contributed by atoms with Crippen molar-refractivity contribution in [2.24, 2.45) is 0 Å². The van der Waals surface area contributed by atoms with Gasteiger partial charge in [-0.1, -0.05) is 0 Å². The molecule has 0 bridgehead atoms. The van der Waals surface area contributed by atoms with Crippen LogP contribution >= 0.6 is 0 Å². The number of allylic oxidation sites excluding steroid dienone is 1. The third kappa shape index (κ3) is 2.77. The van der Waals surface area contributed by atoms with Crippen molar-refractivity contribution in [3.8, 4) is 6.07 Å². The first kappa shape index (κ1) is 14.7. The van der Waals surface area contributed by atoms with Crippen molar-refractivity contribution in [2.75, 3.05) is 0 Å². The van der Waals surface area contributed by atoms with Gasteiger partial charge in [0.25, 0.3) is 0 Å². The monoisotopic (exact) mass is 281 g/mol. The largest absolute Gasteiger partial charge is 0.564 e. The molecule has 2 heterocycles. The molecule has 2 rings (SSSR count). The molecule has 0 saturated heterocycles. The van der Waals surface area contributed by atoms with Gasteiger partial charge in [0.05, 0.1) is 11.4 Å². The summed E-state index contributed by atoms with van der Waals surface area (Å²) in [6, 6.07) is 2.00. The molecular formula is C13H12BN5O2. The van der Waals surface area contributed by atoms with E-state index in [1.54, 1.807) is 27.7 Å². The average molecular weight is 281 g/mol. The van der Waals surface area contributed by atoms with E-state index in [-0.39, 0.29) is 17.2 Å². The topological polar surface area (TPSA) is 97.7 Å². The molecule has 0 N–H and O–H groups in total. The molecule has 0 aromatic carbocycles. The van der Waals surface area contributed by atoms with Gasteiger partial charge in [-0.05, 0) is 20.8 Å². The van der Waals surface area contributed by atoms with Gasteiger partial charge in [-0.3, -0.25) is 0 Å². The molecule has 0 unspecified atom stereocenters. The van der Waals surface area contributed by atoms with E-state index < -0.39 is 0 Å². The third-order valence-corrected chi connectivity index (χ3v) is 2.89. The van der Waals surface area contributed by atoms with Crippen LogP contribution in [-0.4, -0.2) is 28.2 Å². The van der Waals surface area contributed by atoms with Gasteiger partial charge in [0.15, 0.2) is 11.6 Å². The predicted molar refractivity (Wildman–Crippen MR) is 74.5 cm³/mol. The zero-order valence-corrected chi connectivity index (χ0v) is 12.1. The first-order chi connectivity index (χ1) is 9.97. The minimum Gasteiger partial charge on any atom is -0.564 e. The lowest BCUT2D eigenvalue weighted by atomic mass is 10.1. The molecule has 21 heavy (non-hydrogen) atoms. The molecule has 2 radical (unpaired) electrons. The zero-order valence-electron chi connectivity index (χ0n) is 12.1. The molecular weight excluding hydrogens is 269 g/mol. The predicted octanol–water partition coefficient (Wildman–Crippen LogP) is 1.59. The van der Waals surface area contributed by atoms with E-state index in [1.165, 1.54) is 0 Å². The number of aryl methyl sites for hydroxylation is 4. The molecule has 7 nitrogen and oxygen atoms in total. The number of hydrogen-bond acceptors (Lipinski definition) is 7. The number of nitriles is 1. The summed E-state index contributed by atoms with van der Waals surface area (Å²) in [4.78, 5) is 8.39. The minimum atomic E-state index is 0.00417. The van der Waals surface area contributed by atoms with E-state index in [9.17, 15) is 5.26 Å². The highest BCUT2D eigenvalue weighted by Crippen LogP contribution is 2.26. The molecule has 0 atom stereocenters. The Labute approximate surface area is 123 Å².